The lowest BCUT2D eigenvalue weighted by Gasteiger charge is -2.07. The molecule has 0 aliphatic rings. The highest BCUT2D eigenvalue weighted by Crippen LogP contribution is 2.30. The van der Waals surface area contributed by atoms with Crippen LogP contribution in [0.15, 0.2) is 21.9 Å². The number of benzene rings is 1. The lowest BCUT2D eigenvalue weighted by Crippen LogP contribution is -2.17. The second kappa shape index (κ2) is 3.59. The van der Waals surface area contributed by atoms with Gasteiger partial charge < -0.3 is 10.8 Å². The minimum absolute atomic E-state index is 0.449. The molecule has 0 saturated carbocycles. The predicted octanol–water partition coefficient (Wildman–Crippen LogP) is -1.73. The zero-order chi connectivity index (χ0) is 12.7. The van der Waals surface area contributed by atoms with Gasteiger partial charge >= 0.3 is 0 Å². The van der Waals surface area contributed by atoms with Gasteiger partial charge in [-0.25, -0.2) is 27.1 Å². The Morgan fingerprint density at radius 3 is 1.88 bits per heavy atom. The van der Waals surface area contributed by atoms with Crippen molar-refractivity contribution in [2.24, 2.45) is 10.3 Å². The summed E-state index contributed by atoms with van der Waals surface area (Å²) in [6, 6.07) is 1.47. The molecule has 0 bridgehead atoms. The minimum atomic E-state index is -4.29. The predicted molar refractivity (Wildman–Crippen MR) is 55.3 cm³/mol. The highest BCUT2D eigenvalue weighted by Gasteiger charge is 2.21. The number of anilines is 1. The van der Waals surface area contributed by atoms with E-state index >= 15 is 0 Å². The zero-order valence-corrected chi connectivity index (χ0v) is 9.42. The van der Waals surface area contributed by atoms with Crippen molar-refractivity contribution in [1.29, 1.82) is 0 Å². The third-order valence-electron chi connectivity index (χ3n) is 1.71. The Kier molecular flexibility index (Phi) is 2.85. The molecule has 7 N–H and O–H groups in total. The summed E-state index contributed by atoms with van der Waals surface area (Å²) in [4.78, 5) is -1.34. The molecule has 0 heterocycles. The van der Waals surface area contributed by atoms with Gasteiger partial charge in [0.25, 0.3) is 0 Å². The molecule has 0 fully saturated rings. The number of sulfonamides is 2. The summed E-state index contributed by atoms with van der Waals surface area (Å²) in [7, 11) is -8.42. The number of phenols is 1. The number of nitrogens with two attached hydrogens (primary N) is 3. The monoisotopic (exact) mass is 267 g/mol. The zero-order valence-electron chi connectivity index (χ0n) is 7.78. The van der Waals surface area contributed by atoms with E-state index in [1.54, 1.807) is 0 Å². The molecule has 0 radical (unpaired) electrons. The van der Waals surface area contributed by atoms with Gasteiger partial charge in [-0.3, -0.25) is 0 Å². The number of primary sulfonamides is 2. The van der Waals surface area contributed by atoms with Gasteiger partial charge in [0.1, 0.15) is 4.90 Å². The molecule has 8 nitrogen and oxygen atoms in total. The van der Waals surface area contributed by atoms with E-state index in [9.17, 15) is 21.9 Å². The Bertz CT molecular complexity index is 634. The molecule has 0 spiro atoms. The molecule has 1 aromatic carbocycles. The lowest BCUT2D eigenvalue weighted by atomic mass is 10.3. The first-order valence-electron chi connectivity index (χ1n) is 3.71. The minimum Gasteiger partial charge on any atom is -0.504 e. The van der Waals surface area contributed by atoms with E-state index in [0.29, 0.717) is 6.07 Å². The van der Waals surface area contributed by atoms with Crippen molar-refractivity contribution in [2.75, 3.05) is 5.73 Å². The Hall–Kier alpha value is -1.36. The summed E-state index contributed by atoms with van der Waals surface area (Å²) in [6.07, 6.45) is 0. The fraction of sp³-hybridized carbons (Fsp3) is 0. The number of aromatic hydroxyl groups is 1. The van der Waals surface area contributed by atoms with E-state index in [2.05, 4.69) is 0 Å². The van der Waals surface area contributed by atoms with Crippen molar-refractivity contribution in [3.05, 3.63) is 12.1 Å². The van der Waals surface area contributed by atoms with Crippen LogP contribution in [0, 0.1) is 0 Å². The number of nitrogen functional groups attached to an aromatic ring is 1. The van der Waals surface area contributed by atoms with Gasteiger partial charge in [0, 0.05) is 0 Å². The molecule has 0 unspecified atom stereocenters. The average Bonchev–Trinajstić information content (AvgIpc) is 2.05. The van der Waals surface area contributed by atoms with Crippen LogP contribution in [0.25, 0.3) is 0 Å². The van der Waals surface area contributed by atoms with Crippen molar-refractivity contribution >= 4 is 25.7 Å². The standard InChI is InChI=1S/C6H9N3O5S2/c7-4-1-3(15(8,11)12)2-5(6(4)10)16(9,13)14/h1-2,10H,7H2,(H2,8,11,12)(H2,9,13,14). The molecule has 0 amide bonds. The van der Waals surface area contributed by atoms with Gasteiger partial charge in [-0.2, -0.15) is 0 Å². The van der Waals surface area contributed by atoms with Gasteiger partial charge in [0.05, 0.1) is 10.6 Å². The van der Waals surface area contributed by atoms with Gasteiger partial charge in [-0.1, -0.05) is 0 Å². The summed E-state index contributed by atoms with van der Waals surface area (Å²) in [6.45, 7) is 0. The summed E-state index contributed by atoms with van der Waals surface area (Å²) in [5.41, 5.74) is 4.78. The van der Waals surface area contributed by atoms with Gasteiger partial charge in [-0.15, -0.1) is 0 Å². The molecule has 1 rings (SSSR count). The molecule has 90 valence electrons. The van der Waals surface area contributed by atoms with Crippen LogP contribution >= 0.6 is 0 Å². The first-order chi connectivity index (χ1) is 7.03. The Labute approximate surface area is 91.8 Å². The molecule has 10 heteroatoms. The summed E-state index contributed by atoms with van der Waals surface area (Å²) < 4.78 is 44.0. The Morgan fingerprint density at radius 1 is 1.00 bits per heavy atom. The SMILES string of the molecule is Nc1cc(S(N)(=O)=O)cc(S(N)(=O)=O)c1O. The van der Waals surface area contributed by atoms with Crippen molar-refractivity contribution in [3.63, 3.8) is 0 Å². The average molecular weight is 267 g/mol. The maximum Gasteiger partial charge on any atom is 0.241 e. The van der Waals surface area contributed by atoms with Gasteiger partial charge in [-0.05, 0) is 12.1 Å². The van der Waals surface area contributed by atoms with Crippen LogP contribution in [0.4, 0.5) is 5.69 Å². The van der Waals surface area contributed by atoms with Crippen LogP contribution in [0.2, 0.25) is 0 Å². The van der Waals surface area contributed by atoms with E-state index < -0.39 is 41.3 Å². The molecule has 0 atom stereocenters. The highest BCUT2D eigenvalue weighted by atomic mass is 32.2. The molecule has 0 aliphatic heterocycles. The Morgan fingerprint density at radius 2 is 1.50 bits per heavy atom. The molecule has 16 heavy (non-hydrogen) atoms. The van der Waals surface area contributed by atoms with E-state index in [4.69, 9.17) is 16.0 Å². The van der Waals surface area contributed by atoms with E-state index in [1.165, 1.54) is 0 Å². The highest BCUT2D eigenvalue weighted by molar-refractivity contribution is 7.90. The van der Waals surface area contributed by atoms with Crippen LogP contribution in [0.5, 0.6) is 5.75 Å². The fourth-order valence-corrected chi connectivity index (χ4v) is 2.31. The first-order valence-corrected chi connectivity index (χ1v) is 6.81. The molecular formula is C6H9N3O5S2. The first kappa shape index (κ1) is 12.7. The second-order valence-electron chi connectivity index (χ2n) is 2.95. The second-order valence-corrected chi connectivity index (χ2v) is 6.04. The molecule has 0 aliphatic carbocycles. The summed E-state index contributed by atoms with van der Waals surface area (Å²) in [5.74, 6) is -0.810. The quantitative estimate of drug-likeness (QED) is 0.367. The third-order valence-corrected chi connectivity index (χ3v) is 3.53. The largest absolute Gasteiger partial charge is 0.504 e. The van der Waals surface area contributed by atoms with Gasteiger partial charge in [0.15, 0.2) is 5.75 Å². The van der Waals surface area contributed by atoms with E-state index in [-0.39, 0.29) is 0 Å². The molecular weight excluding hydrogens is 258 g/mol. The number of rotatable bonds is 2. The lowest BCUT2D eigenvalue weighted by molar-refractivity contribution is 0.460. The maximum absolute atomic E-state index is 11.0. The normalized spacial score (nSPS) is 12.6. The number of hydrogen-bond donors (Lipinski definition) is 4. The molecule has 1 aromatic rings. The fourth-order valence-electron chi connectivity index (χ4n) is 0.984. The van der Waals surface area contributed by atoms with E-state index in [1.807, 2.05) is 0 Å². The van der Waals surface area contributed by atoms with Crippen LogP contribution in [-0.4, -0.2) is 21.9 Å². The van der Waals surface area contributed by atoms with Crippen molar-refractivity contribution in [1.82, 2.24) is 0 Å². The number of hydrogen-bond acceptors (Lipinski definition) is 6. The van der Waals surface area contributed by atoms with Crippen LogP contribution in [-0.2, 0) is 20.0 Å². The maximum atomic E-state index is 11.0. The van der Waals surface area contributed by atoms with Crippen LogP contribution < -0.4 is 16.0 Å². The van der Waals surface area contributed by atoms with Crippen molar-refractivity contribution in [3.8, 4) is 5.75 Å². The topological polar surface area (TPSA) is 167 Å². The van der Waals surface area contributed by atoms with Crippen molar-refractivity contribution in [2.45, 2.75) is 9.79 Å². The molecule has 0 aromatic heterocycles. The van der Waals surface area contributed by atoms with Crippen LogP contribution in [0.3, 0.4) is 0 Å². The molecule has 0 saturated heterocycles. The number of phenolic OH excluding ortho intramolecular Hbond substituents is 1. The van der Waals surface area contributed by atoms with Gasteiger partial charge in [0.2, 0.25) is 20.0 Å². The summed E-state index contributed by atoms with van der Waals surface area (Å²) >= 11 is 0. The smallest absolute Gasteiger partial charge is 0.241 e. The van der Waals surface area contributed by atoms with Crippen molar-refractivity contribution < 1.29 is 21.9 Å². The third kappa shape index (κ3) is 2.41. The van der Waals surface area contributed by atoms with E-state index in [0.717, 1.165) is 6.07 Å². The Balaban J connectivity index is 3.72. The van der Waals surface area contributed by atoms with Crippen LogP contribution in [0.1, 0.15) is 0 Å². The summed E-state index contributed by atoms with van der Waals surface area (Å²) in [5, 5.41) is 18.9.